The molecule has 1 fully saturated rings. The van der Waals surface area contributed by atoms with Crippen LogP contribution in [0.5, 0.6) is 11.6 Å². The second kappa shape index (κ2) is 9.74. The number of pyridine rings is 1. The molecular formula is C26H24N6O2. The highest BCUT2D eigenvalue weighted by molar-refractivity contribution is 5.93. The van der Waals surface area contributed by atoms with Gasteiger partial charge in [-0.15, -0.1) is 0 Å². The highest BCUT2D eigenvalue weighted by atomic mass is 16.5. The summed E-state index contributed by atoms with van der Waals surface area (Å²) in [7, 11) is 0. The van der Waals surface area contributed by atoms with E-state index in [2.05, 4.69) is 24.9 Å². The Kier molecular flexibility index (Phi) is 6.20. The van der Waals surface area contributed by atoms with Crippen LogP contribution in [0.2, 0.25) is 0 Å². The average molecular weight is 453 g/mol. The Morgan fingerprint density at radius 3 is 2.71 bits per heavy atom. The number of carbonyl (C=O) groups excluding carboxylic acids is 1. The van der Waals surface area contributed by atoms with Crippen LogP contribution in [0.1, 0.15) is 40.5 Å². The van der Waals surface area contributed by atoms with Crippen molar-refractivity contribution in [3.8, 4) is 22.9 Å². The van der Waals surface area contributed by atoms with E-state index in [1.54, 1.807) is 30.9 Å². The number of rotatable bonds is 5. The summed E-state index contributed by atoms with van der Waals surface area (Å²) >= 11 is 0. The maximum absolute atomic E-state index is 13.3. The first kappa shape index (κ1) is 21.6. The first-order chi connectivity index (χ1) is 16.7. The molecule has 1 aliphatic heterocycles. The maximum Gasteiger partial charge on any atom is 0.272 e. The topological polar surface area (TPSA) is 94.0 Å². The fourth-order valence-electron chi connectivity index (χ4n) is 4.12. The van der Waals surface area contributed by atoms with Gasteiger partial charge in [0.2, 0.25) is 5.88 Å². The fourth-order valence-corrected chi connectivity index (χ4v) is 4.12. The van der Waals surface area contributed by atoms with Crippen molar-refractivity contribution < 1.29 is 9.53 Å². The minimum absolute atomic E-state index is 0.0805. The Bertz CT molecular complexity index is 1300. The Balaban J connectivity index is 1.31. The van der Waals surface area contributed by atoms with Gasteiger partial charge in [-0.2, -0.15) is 0 Å². The second-order valence-electron chi connectivity index (χ2n) is 8.33. The summed E-state index contributed by atoms with van der Waals surface area (Å²) < 4.78 is 5.92. The zero-order valence-corrected chi connectivity index (χ0v) is 18.8. The van der Waals surface area contributed by atoms with Crippen molar-refractivity contribution in [3.05, 3.63) is 90.5 Å². The Morgan fingerprint density at radius 2 is 1.85 bits per heavy atom. The number of aromatic nitrogens is 5. The summed E-state index contributed by atoms with van der Waals surface area (Å²) in [4.78, 5) is 36.8. The third-order valence-electron chi connectivity index (χ3n) is 5.79. The van der Waals surface area contributed by atoms with E-state index in [0.717, 1.165) is 35.4 Å². The van der Waals surface area contributed by atoms with Crippen molar-refractivity contribution in [2.24, 2.45) is 0 Å². The van der Waals surface area contributed by atoms with Gasteiger partial charge in [0.15, 0.2) is 0 Å². The van der Waals surface area contributed by atoms with E-state index in [9.17, 15) is 4.79 Å². The predicted molar refractivity (Wildman–Crippen MR) is 126 cm³/mol. The van der Waals surface area contributed by atoms with E-state index in [1.165, 1.54) is 6.33 Å². The van der Waals surface area contributed by atoms with Gasteiger partial charge in [0.25, 0.3) is 5.91 Å². The number of hydrogen-bond acceptors (Lipinski definition) is 7. The summed E-state index contributed by atoms with van der Waals surface area (Å²) in [6, 6.07) is 13.2. The predicted octanol–water partition coefficient (Wildman–Crippen LogP) is 4.45. The van der Waals surface area contributed by atoms with Crippen LogP contribution < -0.4 is 4.74 Å². The lowest BCUT2D eigenvalue weighted by Gasteiger charge is -2.32. The lowest BCUT2D eigenvalue weighted by atomic mass is 9.94. The number of amides is 1. The summed E-state index contributed by atoms with van der Waals surface area (Å²) in [6.07, 6.45) is 10.0. The molecule has 1 aliphatic rings. The van der Waals surface area contributed by atoms with Crippen molar-refractivity contribution in [3.63, 3.8) is 0 Å². The number of hydrogen-bond donors (Lipinski definition) is 0. The summed E-state index contributed by atoms with van der Waals surface area (Å²) in [5.41, 5.74) is 3.79. The SMILES string of the molecule is Cc1cccc(Oc2cncc(C3CCCN(C(=O)c4cccc(-c5cncnc5)n4)C3)n2)c1. The molecule has 0 bridgehead atoms. The monoisotopic (exact) mass is 452 g/mol. The third kappa shape index (κ3) is 4.91. The first-order valence-electron chi connectivity index (χ1n) is 11.2. The molecule has 8 heteroatoms. The van der Waals surface area contributed by atoms with Crippen LogP contribution in [0.25, 0.3) is 11.3 Å². The van der Waals surface area contributed by atoms with Gasteiger partial charge in [-0.3, -0.25) is 9.78 Å². The van der Waals surface area contributed by atoms with E-state index >= 15 is 0 Å². The molecule has 0 saturated carbocycles. The highest BCUT2D eigenvalue weighted by Gasteiger charge is 2.27. The highest BCUT2D eigenvalue weighted by Crippen LogP contribution is 2.28. The number of piperidine rings is 1. The van der Waals surface area contributed by atoms with Crippen molar-refractivity contribution in [1.82, 2.24) is 29.8 Å². The molecule has 0 spiro atoms. The number of benzene rings is 1. The lowest BCUT2D eigenvalue weighted by Crippen LogP contribution is -2.39. The summed E-state index contributed by atoms with van der Waals surface area (Å²) in [6.45, 7) is 3.26. The standard InChI is InChI=1S/C26H24N6O2/c1-18-5-2-7-21(11-18)34-25-15-27-14-24(31-25)19-6-4-10-32(16-19)26(33)23-9-3-8-22(30-23)20-12-28-17-29-13-20/h2-3,5,7-9,11-15,17,19H,4,6,10,16H2,1H3. The van der Waals surface area contributed by atoms with Crippen LogP contribution in [-0.2, 0) is 0 Å². The van der Waals surface area contributed by atoms with E-state index < -0.39 is 0 Å². The zero-order chi connectivity index (χ0) is 23.3. The van der Waals surface area contributed by atoms with Gasteiger partial charge in [-0.1, -0.05) is 18.2 Å². The molecular weight excluding hydrogens is 428 g/mol. The van der Waals surface area contributed by atoms with Gasteiger partial charge in [-0.25, -0.2) is 19.9 Å². The molecule has 5 rings (SSSR count). The van der Waals surface area contributed by atoms with Crippen molar-refractivity contribution >= 4 is 5.91 Å². The van der Waals surface area contributed by atoms with E-state index in [4.69, 9.17) is 4.74 Å². The molecule has 0 aliphatic carbocycles. The number of ether oxygens (including phenoxy) is 1. The molecule has 170 valence electrons. The summed E-state index contributed by atoms with van der Waals surface area (Å²) in [5, 5.41) is 0. The smallest absolute Gasteiger partial charge is 0.272 e. The second-order valence-corrected chi connectivity index (χ2v) is 8.33. The minimum Gasteiger partial charge on any atom is -0.437 e. The average Bonchev–Trinajstić information content (AvgIpc) is 2.89. The first-order valence-corrected chi connectivity index (χ1v) is 11.2. The molecule has 1 amide bonds. The van der Waals surface area contributed by atoms with Gasteiger partial charge >= 0.3 is 0 Å². The van der Waals surface area contributed by atoms with Crippen LogP contribution >= 0.6 is 0 Å². The fraction of sp³-hybridized carbons (Fsp3) is 0.231. The molecule has 3 aromatic heterocycles. The Morgan fingerprint density at radius 1 is 1.00 bits per heavy atom. The van der Waals surface area contributed by atoms with Gasteiger partial charge in [-0.05, 0) is 49.6 Å². The molecule has 1 unspecified atom stereocenters. The molecule has 0 radical (unpaired) electrons. The minimum atomic E-state index is -0.0940. The van der Waals surface area contributed by atoms with Gasteiger partial charge < -0.3 is 9.64 Å². The number of carbonyl (C=O) groups is 1. The van der Waals surface area contributed by atoms with Crippen molar-refractivity contribution in [2.75, 3.05) is 13.1 Å². The van der Waals surface area contributed by atoms with Gasteiger partial charge in [0, 0.05) is 43.2 Å². The molecule has 34 heavy (non-hydrogen) atoms. The van der Waals surface area contributed by atoms with Crippen LogP contribution in [0.15, 0.2) is 73.6 Å². The van der Waals surface area contributed by atoms with Crippen molar-refractivity contribution in [2.45, 2.75) is 25.7 Å². The number of aryl methyl sites for hydroxylation is 1. The lowest BCUT2D eigenvalue weighted by molar-refractivity contribution is 0.0700. The molecule has 4 aromatic rings. The Labute approximate surface area is 197 Å². The van der Waals surface area contributed by atoms with Gasteiger partial charge in [0.1, 0.15) is 17.8 Å². The number of nitrogens with zero attached hydrogens (tertiary/aromatic N) is 6. The van der Waals surface area contributed by atoms with Crippen LogP contribution in [0, 0.1) is 6.92 Å². The van der Waals surface area contributed by atoms with Crippen LogP contribution in [0.4, 0.5) is 0 Å². The van der Waals surface area contributed by atoms with E-state index in [0.29, 0.717) is 30.4 Å². The Hall–Kier alpha value is -4.20. The largest absolute Gasteiger partial charge is 0.437 e. The van der Waals surface area contributed by atoms with Crippen LogP contribution in [-0.4, -0.2) is 48.8 Å². The molecule has 0 N–H and O–H groups in total. The molecule has 8 nitrogen and oxygen atoms in total. The molecule has 1 atom stereocenters. The van der Waals surface area contributed by atoms with Crippen molar-refractivity contribution in [1.29, 1.82) is 0 Å². The maximum atomic E-state index is 13.3. The van der Waals surface area contributed by atoms with Crippen LogP contribution in [0.3, 0.4) is 0 Å². The van der Waals surface area contributed by atoms with E-state index in [1.807, 2.05) is 48.2 Å². The summed E-state index contributed by atoms with van der Waals surface area (Å²) in [5.74, 6) is 1.16. The molecule has 1 saturated heterocycles. The van der Waals surface area contributed by atoms with E-state index in [-0.39, 0.29) is 11.8 Å². The normalized spacial score (nSPS) is 15.7. The zero-order valence-electron chi connectivity index (χ0n) is 18.8. The van der Waals surface area contributed by atoms with Gasteiger partial charge in [0.05, 0.1) is 17.6 Å². The number of likely N-dealkylation sites (tertiary alicyclic amines) is 1. The molecule has 4 heterocycles. The molecule has 1 aromatic carbocycles. The third-order valence-corrected chi connectivity index (χ3v) is 5.79. The quantitative estimate of drug-likeness (QED) is 0.442.